The number of ether oxygens (including phenoxy) is 1. The number of nitrogen functional groups attached to an aromatic ring is 1. The van der Waals surface area contributed by atoms with E-state index in [9.17, 15) is 0 Å². The maximum atomic E-state index is 5.78. The minimum atomic E-state index is 0.183. The molecule has 96 valence electrons. The van der Waals surface area contributed by atoms with Crippen molar-refractivity contribution < 1.29 is 4.74 Å². The van der Waals surface area contributed by atoms with E-state index in [1.807, 2.05) is 0 Å². The predicted octanol–water partition coefficient (Wildman–Crippen LogP) is 1.56. The average Bonchev–Trinajstić information content (AvgIpc) is 2.85. The molecule has 0 aliphatic heterocycles. The Kier molecular flexibility index (Phi) is 2.88. The van der Waals surface area contributed by atoms with Crippen LogP contribution in [0.4, 0.5) is 5.82 Å². The van der Waals surface area contributed by atoms with Gasteiger partial charge in [-0.1, -0.05) is 11.6 Å². The summed E-state index contributed by atoms with van der Waals surface area (Å²) in [5, 5.41) is 7.63. The maximum absolute atomic E-state index is 5.78. The van der Waals surface area contributed by atoms with Gasteiger partial charge in [-0.2, -0.15) is 15.1 Å². The number of hydrogen-bond acceptors (Lipinski definition) is 6. The molecule has 0 aliphatic rings. The summed E-state index contributed by atoms with van der Waals surface area (Å²) in [6, 6.07) is 3.69. The second-order valence-corrected chi connectivity index (χ2v) is 4.19. The van der Waals surface area contributed by atoms with Crippen molar-refractivity contribution in [2.75, 3.05) is 5.73 Å². The summed E-state index contributed by atoms with van der Waals surface area (Å²) in [6.07, 6.45) is 3.17. The highest BCUT2D eigenvalue weighted by Gasteiger charge is 2.08. The lowest BCUT2D eigenvalue weighted by molar-refractivity contribution is 0.282. The van der Waals surface area contributed by atoms with Gasteiger partial charge in [-0.05, 0) is 17.7 Å². The monoisotopic (exact) mass is 276 g/mol. The van der Waals surface area contributed by atoms with Crippen LogP contribution in [0.25, 0.3) is 11.0 Å². The van der Waals surface area contributed by atoms with Crippen LogP contribution in [0.2, 0.25) is 5.15 Å². The van der Waals surface area contributed by atoms with Crippen LogP contribution >= 0.6 is 11.6 Å². The first kappa shape index (κ1) is 11.7. The number of nitrogens with two attached hydrogens (primary N) is 1. The third-order valence-corrected chi connectivity index (χ3v) is 2.68. The van der Waals surface area contributed by atoms with Crippen molar-refractivity contribution in [3.05, 3.63) is 35.2 Å². The Morgan fingerprint density at radius 1 is 1.37 bits per heavy atom. The van der Waals surface area contributed by atoms with Gasteiger partial charge in [0.15, 0.2) is 5.65 Å². The number of aromatic nitrogens is 5. The van der Waals surface area contributed by atoms with Gasteiger partial charge in [-0.3, -0.25) is 5.10 Å². The number of nitrogens with one attached hydrogen (secondary N) is 1. The number of halogens is 1. The van der Waals surface area contributed by atoms with Gasteiger partial charge in [0.1, 0.15) is 17.6 Å². The molecule has 19 heavy (non-hydrogen) atoms. The van der Waals surface area contributed by atoms with Crippen LogP contribution in [0, 0.1) is 0 Å². The van der Waals surface area contributed by atoms with Gasteiger partial charge < -0.3 is 10.5 Å². The van der Waals surface area contributed by atoms with Crippen molar-refractivity contribution >= 4 is 28.5 Å². The highest BCUT2D eigenvalue weighted by Crippen LogP contribution is 2.18. The summed E-state index contributed by atoms with van der Waals surface area (Å²) in [5.41, 5.74) is 7.18. The van der Waals surface area contributed by atoms with Gasteiger partial charge in [0.05, 0.1) is 11.6 Å². The number of hydrogen-bond donors (Lipinski definition) is 2. The lowest BCUT2D eigenvalue weighted by Gasteiger charge is -2.05. The Balaban J connectivity index is 1.81. The van der Waals surface area contributed by atoms with Crippen molar-refractivity contribution in [3.8, 4) is 6.01 Å². The first-order chi connectivity index (χ1) is 9.22. The molecule has 0 bridgehead atoms. The van der Waals surface area contributed by atoms with Gasteiger partial charge in [-0.15, -0.1) is 0 Å². The summed E-state index contributed by atoms with van der Waals surface area (Å²) < 4.78 is 5.47. The molecular weight excluding hydrogens is 268 g/mol. The van der Waals surface area contributed by atoms with E-state index >= 15 is 0 Å². The molecule has 0 spiro atoms. The molecule has 3 aromatic heterocycles. The SMILES string of the molecule is Nc1nc(OCc2ccnc(Cl)c2)nc2[nH]ncc12. The number of rotatable bonds is 3. The molecule has 0 amide bonds. The van der Waals surface area contributed by atoms with Crippen LogP contribution in [0.15, 0.2) is 24.5 Å². The first-order valence-electron chi connectivity index (χ1n) is 5.42. The zero-order valence-electron chi connectivity index (χ0n) is 9.67. The topological polar surface area (TPSA) is 103 Å². The molecule has 0 unspecified atom stereocenters. The molecule has 0 saturated heterocycles. The van der Waals surface area contributed by atoms with Gasteiger partial charge in [0, 0.05) is 6.20 Å². The number of nitrogens with zero attached hydrogens (tertiary/aromatic N) is 4. The van der Waals surface area contributed by atoms with Crippen LogP contribution in [0.3, 0.4) is 0 Å². The fourth-order valence-corrected chi connectivity index (χ4v) is 1.78. The molecular formula is C11H9ClN6O. The molecule has 0 saturated carbocycles. The number of anilines is 1. The van der Waals surface area contributed by atoms with E-state index in [0.717, 1.165) is 5.56 Å². The zero-order valence-corrected chi connectivity index (χ0v) is 10.4. The molecule has 7 nitrogen and oxygen atoms in total. The third kappa shape index (κ3) is 2.41. The van der Waals surface area contributed by atoms with Gasteiger partial charge >= 0.3 is 6.01 Å². The largest absolute Gasteiger partial charge is 0.458 e. The Morgan fingerprint density at radius 3 is 3.11 bits per heavy atom. The molecule has 0 fully saturated rings. The highest BCUT2D eigenvalue weighted by molar-refractivity contribution is 6.29. The summed E-state index contributed by atoms with van der Waals surface area (Å²) in [5.74, 6) is 0.321. The van der Waals surface area contributed by atoms with Gasteiger partial charge in [-0.25, -0.2) is 4.98 Å². The third-order valence-electron chi connectivity index (χ3n) is 2.48. The van der Waals surface area contributed by atoms with E-state index in [4.69, 9.17) is 22.1 Å². The molecule has 0 atom stereocenters. The Morgan fingerprint density at radius 2 is 2.26 bits per heavy atom. The van der Waals surface area contributed by atoms with Crippen molar-refractivity contribution in [3.63, 3.8) is 0 Å². The smallest absolute Gasteiger partial charge is 0.320 e. The average molecular weight is 277 g/mol. The van der Waals surface area contributed by atoms with Gasteiger partial charge in [0.2, 0.25) is 0 Å². The summed E-state index contributed by atoms with van der Waals surface area (Å²) >= 11 is 5.78. The summed E-state index contributed by atoms with van der Waals surface area (Å²) in [4.78, 5) is 12.1. The van der Waals surface area contributed by atoms with E-state index < -0.39 is 0 Å². The minimum Gasteiger partial charge on any atom is -0.458 e. The maximum Gasteiger partial charge on any atom is 0.320 e. The minimum absolute atomic E-state index is 0.183. The molecule has 3 heterocycles. The van der Waals surface area contributed by atoms with E-state index in [0.29, 0.717) is 22.0 Å². The fraction of sp³-hybridized carbons (Fsp3) is 0.0909. The van der Waals surface area contributed by atoms with Crippen molar-refractivity contribution in [1.29, 1.82) is 0 Å². The normalized spacial score (nSPS) is 10.8. The molecule has 0 aromatic carbocycles. The van der Waals surface area contributed by atoms with Crippen LogP contribution in [-0.4, -0.2) is 25.1 Å². The summed E-state index contributed by atoms with van der Waals surface area (Å²) in [7, 11) is 0. The number of pyridine rings is 1. The first-order valence-corrected chi connectivity index (χ1v) is 5.80. The highest BCUT2D eigenvalue weighted by atomic mass is 35.5. The van der Waals surface area contributed by atoms with Crippen LogP contribution in [-0.2, 0) is 6.61 Å². The second-order valence-electron chi connectivity index (χ2n) is 3.80. The quantitative estimate of drug-likeness (QED) is 0.704. The Bertz CT molecular complexity index is 728. The van der Waals surface area contributed by atoms with E-state index in [1.54, 1.807) is 24.5 Å². The van der Waals surface area contributed by atoms with Crippen molar-refractivity contribution in [2.24, 2.45) is 0 Å². The summed E-state index contributed by atoms with van der Waals surface area (Å²) in [6.45, 7) is 0.279. The predicted molar refractivity (Wildman–Crippen MR) is 69.7 cm³/mol. The molecule has 3 rings (SSSR count). The fourth-order valence-electron chi connectivity index (χ4n) is 1.58. The molecule has 3 N–H and O–H groups in total. The van der Waals surface area contributed by atoms with Crippen molar-refractivity contribution in [1.82, 2.24) is 25.1 Å². The van der Waals surface area contributed by atoms with Crippen LogP contribution in [0.5, 0.6) is 6.01 Å². The molecule has 8 heteroatoms. The second kappa shape index (κ2) is 4.69. The number of aromatic amines is 1. The lowest BCUT2D eigenvalue weighted by Crippen LogP contribution is -2.02. The van der Waals surface area contributed by atoms with E-state index in [-0.39, 0.29) is 12.6 Å². The van der Waals surface area contributed by atoms with Gasteiger partial charge in [0.25, 0.3) is 0 Å². The zero-order chi connectivity index (χ0) is 13.2. The van der Waals surface area contributed by atoms with E-state index in [2.05, 4.69) is 25.1 Å². The number of fused-ring (bicyclic) bond motifs is 1. The van der Waals surface area contributed by atoms with E-state index in [1.165, 1.54) is 0 Å². The lowest BCUT2D eigenvalue weighted by atomic mass is 10.3. The van der Waals surface area contributed by atoms with Crippen LogP contribution in [0.1, 0.15) is 5.56 Å². The Labute approximate surface area is 112 Å². The molecule has 0 aliphatic carbocycles. The molecule has 0 radical (unpaired) electrons. The number of H-pyrrole nitrogens is 1. The molecule has 3 aromatic rings. The Hall–Kier alpha value is -2.41. The van der Waals surface area contributed by atoms with Crippen LogP contribution < -0.4 is 10.5 Å². The van der Waals surface area contributed by atoms with Crippen molar-refractivity contribution in [2.45, 2.75) is 6.61 Å². The standard InChI is InChI=1S/C11H9ClN6O/c12-8-3-6(1-2-14-8)5-19-11-16-9(13)7-4-15-18-10(7)17-11/h1-4H,5H2,(H3,13,15,16,17,18).